The number of amidine groups is 1. The van der Waals surface area contributed by atoms with Crippen LogP contribution < -0.4 is 0 Å². The van der Waals surface area contributed by atoms with Crippen LogP contribution >= 0.6 is 0 Å². The first-order chi connectivity index (χ1) is 4.74. The zero-order valence-electron chi connectivity index (χ0n) is 6.96. The summed E-state index contributed by atoms with van der Waals surface area (Å²) in [5, 5.41) is 6.36. The molecular weight excluding hydrogens is 126 g/mol. The second-order valence-corrected chi connectivity index (χ2v) is 2.67. The smallest absolute Gasteiger partial charge is 0.124 e. The quantitative estimate of drug-likeness (QED) is 0.532. The molecule has 3 heteroatoms. The molecule has 1 heterocycles. The second-order valence-electron chi connectivity index (χ2n) is 2.67. The number of nitrogens with zero attached hydrogens (tertiary/aromatic N) is 3. The van der Waals surface area contributed by atoms with E-state index in [1.807, 2.05) is 12.1 Å². The standard InChI is InChI=1S/C7H15N3/c1-4-7-8-10(3)6-5-9(7)2/h4-6H2,1-3H3. The van der Waals surface area contributed by atoms with Crippen LogP contribution in [0.4, 0.5) is 0 Å². The SMILES string of the molecule is CCC1=NN(C)CCN1C. The largest absolute Gasteiger partial charge is 0.360 e. The van der Waals surface area contributed by atoms with Crippen molar-refractivity contribution in [3.05, 3.63) is 0 Å². The van der Waals surface area contributed by atoms with Gasteiger partial charge in [0.05, 0.1) is 6.54 Å². The van der Waals surface area contributed by atoms with Gasteiger partial charge in [-0.25, -0.2) is 0 Å². The Bertz CT molecular complexity index is 142. The Morgan fingerprint density at radius 2 is 2.10 bits per heavy atom. The molecule has 0 amide bonds. The molecule has 0 unspecified atom stereocenters. The van der Waals surface area contributed by atoms with E-state index < -0.39 is 0 Å². The predicted molar refractivity (Wildman–Crippen MR) is 43.0 cm³/mol. The van der Waals surface area contributed by atoms with Gasteiger partial charge in [-0.1, -0.05) is 6.92 Å². The molecule has 0 N–H and O–H groups in total. The van der Waals surface area contributed by atoms with Gasteiger partial charge in [0.1, 0.15) is 5.84 Å². The van der Waals surface area contributed by atoms with Gasteiger partial charge in [0.15, 0.2) is 0 Å². The molecule has 3 nitrogen and oxygen atoms in total. The molecule has 0 radical (unpaired) electrons. The topological polar surface area (TPSA) is 18.8 Å². The summed E-state index contributed by atoms with van der Waals surface area (Å²) in [4.78, 5) is 2.21. The van der Waals surface area contributed by atoms with Crippen molar-refractivity contribution in [2.24, 2.45) is 5.10 Å². The molecule has 1 aliphatic heterocycles. The van der Waals surface area contributed by atoms with Crippen molar-refractivity contribution in [3.8, 4) is 0 Å². The Balaban J connectivity index is 2.62. The summed E-state index contributed by atoms with van der Waals surface area (Å²) in [6.07, 6.45) is 1.03. The fraction of sp³-hybridized carbons (Fsp3) is 0.857. The predicted octanol–water partition coefficient (Wildman–Crippen LogP) is 0.587. The van der Waals surface area contributed by atoms with Crippen LogP contribution in [-0.4, -0.2) is 42.9 Å². The van der Waals surface area contributed by atoms with E-state index in [0.29, 0.717) is 0 Å². The summed E-state index contributed by atoms with van der Waals surface area (Å²) in [5.74, 6) is 1.19. The summed E-state index contributed by atoms with van der Waals surface area (Å²) in [6.45, 7) is 4.28. The van der Waals surface area contributed by atoms with Crippen LogP contribution in [0.15, 0.2) is 5.10 Å². The van der Waals surface area contributed by atoms with E-state index in [9.17, 15) is 0 Å². The third kappa shape index (κ3) is 1.40. The molecule has 0 spiro atoms. The first-order valence-corrected chi connectivity index (χ1v) is 3.73. The van der Waals surface area contributed by atoms with Gasteiger partial charge in [-0.05, 0) is 0 Å². The highest BCUT2D eigenvalue weighted by atomic mass is 15.5. The van der Waals surface area contributed by atoms with E-state index in [2.05, 4.69) is 24.0 Å². The number of hydrazone groups is 1. The fourth-order valence-electron chi connectivity index (χ4n) is 1.09. The van der Waals surface area contributed by atoms with E-state index in [1.54, 1.807) is 0 Å². The summed E-state index contributed by atoms with van der Waals surface area (Å²) in [5.41, 5.74) is 0. The molecule has 10 heavy (non-hydrogen) atoms. The Kier molecular flexibility index (Phi) is 2.14. The van der Waals surface area contributed by atoms with Gasteiger partial charge in [-0.2, -0.15) is 5.10 Å². The van der Waals surface area contributed by atoms with Crippen LogP contribution in [0, 0.1) is 0 Å². The molecule has 1 aliphatic rings. The highest BCUT2D eigenvalue weighted by molar-refractivity contribution is 5.81. The molecular formula is C7H15N3. The van der Waals surface area contributed by atoms with E-state index >= 15 is 0 Å². The molecule has 0 aliphatic carbocycles. The van der Waals surface area contributed by atoms with Crippen molar-refractivity contribution in [3.63, 3.8) is 0 Å². The maximum Gasteiger partial charge on any atom is 0.124 e. The highest BCUT2D eigenvalue weighted by Crippen LogP contribution is 2.01. The summed E-state index contributed by atoms with van der Waals surface area (Å²) >= 11 is 0. The van der Waals surface area contributed by atoms with Crippen molar-refractivity contribution < 1.29 is 0 Å². The maximum absolute atomic E-state index is 4.36. The minimum Gasteiger partial charge on any atom is -0.360 e. The fourth-order valence-corrected chi connectivity index (χ4v) is 1.09. The van der Waals surface area contributed by atoms with E-state index in [1.165, 1.54) is 5.84 Å². The van der Waals surface area contributed by atoms with Gasteiger partial charge >= 0.3 is 0 Å². The Hall–Kier alpha value is -0.730. The van der Waals surface area contributed by atoms with Gasteiger partial charge in [0, 0.05) is 27.1 Å². The van der Waals surface area contributed by atoms with Crippen molar-refractivity contribution in [2.45, 2.75) is 13.3 Å². The highest BCUT2D eigenvalue weighted by Gasteiger charge is 2.10. The average molecular weight is 141 g/mol. The molecule has 0 aromatic heterocycles. The van der Waals surface area contributed by atoms with Crippen molar-refractivity contribution in [1.29, 1.82) is 0 Å². The average Bonchev–Trinajstić information content (AvgIpc) is 1.94. The number of likely N-dealkylation sites (N-methyl/N-ethyl adjacent to an activating group) is 2. The van der Waals surface area contributed by atoms with Crippen molar-refractivity contribution in [2.75, 3.05) is 27.2 Å². The van der Waals surface area contributed by atoms with E-state index in [-0.39, 0.29) is 0 Å². The summed E-state index contributed by atoms with van der Waals surface area (Å²) in [7, 11) is 4.11. The van der Waals surface area contributed by atoms with Gasteiger partial charge in [-0.3, -0.25) is 5.01 Å². The molecule has 58 valence electrons. The lowest BCUT2D eigenvalue weighted by Crippen LogP contribution is -2.39. The Morgan fingerprint density at radius 1 is 1.40 bits per heavy atom. The van der Waals surface area contributed by atoms with Crippen LogP contribution in [0.1, 0.15) is 13.3 Å². The van der Waals surface area contributed by atoms with E-state index in [4.69, 9.17) is 0 Å². The lowest BCUT2D eigenvalue weighted by Gasteiger charge is -2.29. The second kappa shape index (κ2) is 2.90. The minimum absolute atomic E-state index is 1.03. The molecule has 0 aromatic rings. The monoisotopic (exact) mass is 141 g/mol. The first-order valence-electron chi connectivity index (χ1n) is 3.73. The lowest BCUT2D eigenvalue weighted by atomic mass is 10.3. The van der Waals surface area contributed by atoms with Gasteiger partial charge in [0.2, 0.25) is 0 Å². The molecule has 0 bridgehead atoms. The molecule has 0 saturated heterocycles. The number of hydrogen-bond acceptors (Lipinski definition) is 3. The molecule has 0 saturated carbocycles. The Labute approximate surface area is 62.3 Å². The van der Waals surface area contributed by atoms with Crippen LogP contribution in [0.3, 0.4) is 0 Å². The van der Waals surface area contributed by atoms with Crippen molar-refractivity contribution in [1.82, 2.24) is 9.91 Å². The van der Waals surface area contributed by atoms with Gasteiger partial charge in [-0.15, -0.1) is 0 Å². The first kappa shape index (κ1) is 7.38. The molecule has 0 atom stereocenters. The zero-order chi connectivity index (χ0) is 7.56. The zero-order valence-corrected chi connectivity index (χ0v) is 6.96. The van der Waals surface area contributed by atoms with Crippen molar-refractivity contribution >= 4 is 5.84 Å². The maximum atomic E-state index is 4.36. The third-order valence-electron chi connectivity index (χ3n) is 1.80. The molecule has 0 fully saturated rings. The summed E-state index contributed by atoms with van der Waals surface area (Å²) in [6, 6.07) is 0. The Morgan fingerprint density at radius 3 is 2.60 bits per heavy atom. The minimum atomic E-state index is 1.03. The molecule has 0 aromatic carbocycles. The summed E-state index contributed by atoms with van der Waals surface area (Å²) < 4.78 is 0. The van der Waals surface area contributed by atoms with E-state index in [0.717, 1.165) is 19.5 Å². The van der Waals surface area contributed by atoms with Crippen LogP contribution in [0.25, 0.3) is 0 Å². The number of rotatable bonds is 1. The normalized spacial score (nSPS) is 19.3. The third-order valence-corrected chi connectivity index (χ3v) is 1.80. The molecule has 1 rings (SSSR count). The van der Waals surface area contributed by atoms with Crippen LogP contribution in [-0.2, 0) is 0 Å². The van der Waals surface area contributed by atoms with Gasteiger partial charge in [0.25, 0.3) is 0 Å². The van der Waals surface area contributed by atoms with Crippen LogP contribution in [0.5, 0.6) is 0 Å². The lowest BCUT2D eigenvalue weighted by molar-refractivity contribution is 0.278. The van der Waals surface area contributed by atoms with Gasteiger partial charge < -0.3 is 4.90 Å². The number of hydrogen-bond donors (Lipinski definition) is 0. The van der Waals surface area contributed by atoms with Crippen LogP contribution in [0.2, 0.25) is 0 Å².